The summed E-state index contributed by atoms with van der Waals surface area (Å²) in [6.45, 7) is 0. The zero-order valence-corrected chi connectivity index (χ0v) is 12.2. The van der Waals surface area contributed by atoms with Crippen LogP contribution in [0, 0.1) is 3.57 Å². The van der Waals surface area contributed by atoms with Gasteiger partial charge in [0.1, 0.15) is 11.5 Å². The summed E-state index contributed by atoms with van der Waals surface area (Å²) >= 11 is 1.79. The molecule has 0 aliphatic carbocycles. The van der Waals surface area contributed by atoms with Crippen LogP contribution in [0.2, 0.25) is 0 Å². The molecule has 1 N–H and O–H groups in total. The molecule has 0 aromatic heterocycles. The van der Waals surface area contributed by atoms with Gasteiger partial charge in [0.25, 0.3) is 0 Å². The van der Waals surface area contributed by atoms with Crippen molar-refractivity contribution in [3.05, 3.63) is 26.8 Å². The average molecular weight is 400 g/mol. The summed E-state index contributed by atoms with van der Waals surface area (Å²) in [6.07, 6.45) is -6.33. The highest BCUT2D eigenvalue weighted by Gasteiger charge is 2.48. The van der Waals surface area contributed by atoms with E-state index in [-0.39, 0.29) is 11.3 Å². The fraction of sp³-hybridized carbons (Fsp3) is 0.250. The highest BCUT2D eigenvalue weighted by molar-refractivity contribution is 14.1. The maximum atomic E-state index is 12.9. The Hall–Kier alpha value is -1.45. The van der Waals surface area contributed by atoms with Crippen molar-refractivity contribution in [2.75, 3.05) is 7.11 Å². The fourth-order valence-corrected chi connectivity index (χ4v) is 2.62. The van der Waals surface area contributed by atoms with Gasteiger partial charge in [0.05, 0.1) is 16.3 Å². The van der Waals surface area contributed by atoms with E-state index in [9.17, 15) is 18.0 Å². The normalized spacial score (nSPS) is 17.9. The molecule has 20 heavy (non-hydrogen) atoms. The van der Waals surface area contributed by atoms with Gasteiger partial charge >= 0.3 is 12.1 Å². The van der Waals surface area contributed by atoms with Gasteiger partial charge in [-0.15, -0.1) is 0 Å². The lowest BCUT2D eigenvalue weighted by atomic mass is 10.0. The van der Waals surface area contributed by atoms with Crippen LogP contribution in [-0.2, 0) is 4.79 Å². The number of halogens is 4. The van der Waals surface area contributed by atoms with E-state index in [1.165, 1.54) is 19.2 Å². The number of carbonyl (C=O) groups is 1. The summed E-state index contributed by atoms with van der Waals surface area (Å²) in [6, 6.07) is 2.99. The van der Waals surface area contributed by atoms with Crippen molar-refractivity contribution in [1.29, 1.82) is 0 Å². The van der Waals surface area contributed by atoms with E-state index < -0.39 is 23.8 Å². The molecule has 0 saturated carbocycles. The minimum Gasteiger partial charge on any atom is -0.496 e. The molecule has 1 unspecified atom stereocenters. The SMILES string of the molecule is COc1ccc2c(c1I)OC(C(F)(F)F)C(C(=O)O)=C2. The topological polar surface area (TPSA) is 55.8 Å². The summed E-state index contributed by atoms with van der Waals surface area (Å²) in [5.74, 6) is -1.33. The van der Waals surface area contributed by atoms with Gasteiger partial charge in [0, 0.05) is 5.56 Å². The van der Waals surface area contributed by atoms with Crippen molar-refractivity contribution < 1.29 is 32.5 Å². The number of aliphatic carboxylic acids is 1. The molecule has 108 valence electrons. The van der Waals surface area contributed by atoms with Gasteiger partial charge in [-0.2, -0.15) is 13.2 Å². The molecule has 0 amide bonds. The molecule has 0 fully saturated rings. The van der Waals surface area contributed by atoms with E-state index in [1.54, 1.807) is 22.6 Å². The molecule has 1 aliphatic rings. The van der Waals surface area contributed by atoms with Gasteiger partial charge < -0.3 is 14.6 Å². The Morgan fingerprint density at radius 1 is 1.45 bits per heavy atom. The van der Waals surface area contributed by atoms with Gasteiger partial charge in [-0.3, -0.25) is 0 Å². The lowest BCUT2D eigenvalue weighted by Gasteiger charge is -2.28. The Labute approximate surface area is 125 Å². The predicted molar refractivity (Wildman–Crippen MR) is 71.8 cm³/mol. The number of alkyl halides is 3. The summed E-state index contributed by atoms with van der Waals surface area (Å²) < 4.78 is 48.9. The summed E-state index contributed by atoms with van der Waals surface area (Å²) in [5, 5.41) is 8.89. The molecular formula is C12H8F3IO4. The molecule has 1 aromatic rings. The van der Waals surface area contributed by atoms with E-state index in [0.717, 1.165) is 6.08 Å². The second kappa shape index (κ2) is 5.15. The Bertz CT molecular complexity index is 595. The minimum absolute atomic E-state index is 0.0303. The molecule has 2 rings (SSSR count). The molecule has 1 aliphatic heterocycles. The Morgan fingerprint density at radius 2 is 2.10 bits per heavy atom. The standard InChI is InChI=1S/C12H8F3IO4/c1-19-7-3-2-5-4-6(11(17)18)10(12(13,14)15)20-9(5)8(7)16/h2-4,10H,1H3,(H,17,18). The molecule has 0 radical (unpaired) electrons. The van der Waals surface area contributed by atoms with Gasteiger partial charge in [-0.25, -0.2) is 4.79 Å². The van der Waals surface area contributed by atoms with Gasteiger partial charge in [-0.1, -0.05) is 0 Å². The molecule has 1 aromatic carbocycles. The molecule has 1 heterocycles. The minimum atomic E-state index is -4.81. The first-order chi connectivity index (χ1) is 9.25. The second-order valence-electron chi connectivity index (χ2n) is 3.94. The van der Waals surface area contributed by atoms with Crippen LogP contribution in [0.5, 0.6) is 11.5 Å². The predicted octanol–water partition coefficient (Wildman–Crippen LogP) is 3.09. The van der Waals surface area contributed by atoms with Crippen LogP contribution in [0.25, 0.3) is 6.08 Å². The number of methoxy groups -OCH3 is 1. The number of benzene rings is 1. The third kappa shape index (κ3) is 2.56. The van der Waals surface area contributed by atoms with Crippen LogP contribution >= 0.6 is 22.6 Å². The monoisotopic (exact) mass is 400 g/mol. The highest BCUT2D eigenvalue weighted by atomic mass is 127. The lowest BCUT2D eigenvalue weighted by Crippen LogP contribution is -2.40. The average Bonchev–Trinajstić information content (AvgIpc) is 2.37. The van der Waals surface area contributed by atoms with Gasteiger partial charge in [0.2, 0.25) is 6.10 Å². The van der Waals surface area contributed by atoms with Crippen LogP contribution in [0.1, 0.15) is 5.56 Å². The third-order valence-corrected chi connectivity index (χ3v) is 3.71. The van der Waals surface area contributed by atoms with Crippen molar-refractivity contribution in [3.8, 4) is 11.5 Å². The Kier molecular flexibility index (Phi) is 3.85. The quantitative estimate of drug-likeness (QED) is 0.776. The van der Waals surface area contributed by atoms with Crippen LogP contribution in [0.15, 0.2) is 17.7 Å². The smallest absolute Gasteiger partial charge is 0.430 e. The van der Waals surface area contributed by atoms with E-state index >= 15 is 0 Å². The van der Waals surface area contributed by atoms with Crippen LogP contribution in [0.3, 0.4) is 0 Å². The summed E-state index contributed by atoms with van der Waals surface area (Å²) in [4.78, 5) is 11.0. The fourth-order valence-electron chi connectivity index (χ4n) is 1.79. The van der Waals surface area contributed by atoms with Crippen molar-refractivity contribution in [2.45, 2.75) is 12.3 Å². The number of fused-ring (bicyclic) bond motifs is 1. The zero-order valence-electron chi connectivity index (χ0n) is 9.99. The van der Waals surface area contributed by atoms with Crippen LogP contribution in [0.4, 0.5) is 13.2 Å². The summed E-state index contributed by atoms with van der Waals surface area (Å²) in [5.41, 5.74) is -0.570. The molecule has 4 nitrogen and oxygen atoms in total. The molecule has 0 spiro atoms. The Balaban J connectivity index is 2.60. The number of carboxylic acid groups (broad SMARTS) is 1. The molecule has 0 saturated heterocycles. The number of ether oxygens (including phenoxy) is 2. The number of rotatable bonds is 2. The second-order valence-corrected chi connectivity index (χ2v) is 5.02. The van der Waals surface area contributed by atoms with E-state index in [4.69, 9.17) is 14.6 Å². The lowest BCUT2D eigenvalue weighted by molar-refractivity contribution is -0.187. The van der Waals surface area contributed by atoms with Crippen molar-refractivity contribution in [3.63, 3.8) is 0 Å². The van der Waals surface area contributed by atoms with Crippen molar-refractivity contribution in [2.24, 2.45) is 0 Å². The Morgan fingerprint density at radius 3 is 2.60 bits per heavy atom. The molecule has 1 atom stereocenters. The first-order valence-corrected chi connectivity index (χ1v) is 6.38. The third-order valence-electron chi connectivity index (χ3n) is 2.69. The first kappa shape index (κ1) is 14.9. The zero-order chi connectivity index (χ0) is 15.1. The van der Waals surface area contributed by atoms with Crippen LogP contribution in [-0.4, -0.2) is 30.5 Å². The van der Waals surface area contributed by atoms with Crippen molar-refractivity contribution >= 4 is 34.6 Å². The van der Waals surface area contributed by atoms with Gasteiger partial charge in [0.15, 0.2) is 0 Å². The summed E-state index contributed by atoms with van der Waals surface area (Å²) in [7, 11) is 1.38. The molecule has 8 heteroatoms. The number of hydrogen-bond acceptors (Lipinski definition) is 3. The maximum absolute atomic E-state index is 12.9. The van der Waals surface area contributed by atoms with Crippen LogP contribution < -0.4 is 9.47 Å². The number of hydrogen-bond donors (Lipinski definition) is 1. The first-order valence-electron chi connectivity index (χ1n) is 5.30. The largest absolute Gasteiger partial charge is 0.496 e. The molecule has 0 bridgehead atoms. The van der Waals surface area contributed by atoms with Crippen molar-refractivity contribution in [1.82, 2.24) is 0 Å². The van der Waals surface area contributed by atoms with E-state index in [0.29, 0.717) is 9.32 Å². The van der Waals surface area contributed by atoms with E-state index in [1.807, 2.05) is 0 Å². The highest BCUT2D eigenvalue weighted by Crippen LogP contribution is 2.42. The van der Waals surface area contributed by atoms with Gasteiger partial charge in [-0.05, 0) is 40.8 Å². The molecular weight excluding hydrogens is 392 g/mol. The number of carboxylic acids is 1. The van der Waals surface area contributed by atoms with E-state index in [2.05, 4.69) is 0 Å². The maximum Gasteiger partial charge on any atom is 0.430 e.